The molecule has 3 nitrogen and oxygen atoms in total. The van der Waals surface area contributed by atoms with Crippen LogP contribution >= 0.6 is 0 Å². The molecule has 0 saturated carbocycles. The summed E-state index contributed by atoms with van der Waals surface area (Å²) in [6.07, 6.45) is 2.51. The predicted molar refractivity (Wildman–Crippen MR) is 86.8 cm³/mol. The summed E-state index contributed by atoms with van der Waals surface area (Å²) in [5, 5.41) is 3.55. The SMILES string of the molecule is COCCNCC1(Cc2c(C)cccc2C)CCOC1C. The van der Waals surface area contributed by atoms with Crippen LogP contribution in [0.25, 0.3) is 0 Å². The zero-order valence-electron chi connectivity index (χ0n) is 13.9. The first kappa shape index (κ1) is 16.5. The zero-order valence-corrected chi connectivity index (χ0v) is 13.9. The van der Waals surface area contributed by atoms with Gasteiger partial charge in [-0.2, -0.15) is 0 Å². The summed E-state index contributed by atoms with van der Waals surface area (Å²) in [6, 6.07) is 6.58. The molecule has 1 heterocycles. The minimum absolute atomic E-state index is 0.199. The van der Waals surface area contributed by atoms with Crippen LogP contribution in [0, 0.1) is 19.3 Å². The molecule has 2 rings (SSSR count). The van der Waals surface area contributed by atoms with Gasteiger partial charge in [0, 0.05) is 32.2 Å². The molecule has 1 aromatic rings. The average molecular weight is 291 g/mol. The van der Waals surface area contributed by atoms with Crippen LogP contribution in [0.5, 0.6) is 0 Å². The van der Waals surface area contributed by atoms with E-state index in [4.69, 9.17) is 9.47 Å². The topological polar surface area (TPSA) is 30.5 Å². The number of aryl methyl sites for hydroxylation is 2. The van der Waals surface area contributed by atoms with Crippen LogP contribution in [0.2, 0.25) is 0 Å². The van der Waals surface area contributed by atoms with Crippen LogP contribution < -0.4 is 5.32 Å². The van der Waals surface area contributed by atoms with E-state index in [2.05, 4.69) is 44.3 Å². The van der Waals surface area contributed by atoms with Gasteiger partial charge in [-0.05, 0) is 50.3 Å². The third kappa shape index (κ3) is 3.85. The summed E-state index contributed by atoms with van der Waals surface area (Å²) in [5.74, 6) is 0. The average Bonchev–Trinajstić information content (AvgIpc) is 2.81. The minimum Gasteiger partial charge on any atom is -0.383 e. The highest BCUT2D eigenvalue weighted by Gasteiger charge is 2.41. The van der Waals surface area contributed by atoms with E-state index in [1.165, 1.54) is 16.7 Å². The van der Waals surface area contributed by atoms with Gasteiger partial charge in [0.05, 0.1) is 12.7 Å². The van der Waals surface area contributed by atoms with Crippen molar-refractivity contribution in [3.05, 3.63) is 34.9 Å². The third-order valence-corrected chi connectivity index (χ3v) is 4.96. The van der Waals surface area contributed by atoms with Crippen molar-refractivity contribution in [3.8, 4) is 0 Å². The monoisotopic (exact) mass is 291 g/mol. The van der Waals surface area contributed by atoms with Crippen molar-refractivity contribution in [2.24, 2.45) is 5.41 Å². The van der Waals surface area contributed by atoms with E-state index in [1.54, 1.807) is 7.11 Å². The number of nitrogens with one attached hydrogen (secondary N) is 1. The first-order chi connectivity index (χ1) is 10.1. The van der Waals surface area contributed by atoms with Crippen LogP contribution in [-0.2, 0) is 15.9 Å². The van der Waals surface area contributed by atoms with Gasteiger partial charge in [-0.25, -0.2) is 0 Å². The lowest BCUT2D eigenvalue weighted by Gasteiger charge is -2.34. The number of hydrogen-bond donors (Lipinski definition) is 1. The van der Waals surface area contributed by atoms with E-state index in [0.29, 0.717) is 6.10 Å². The molecular weight excluding hydrogens is 262 g/mol. The first-order valence-electron chi connectivity index (χ1n) is 7.95. The zero-order chi connectivity index (χ0) is 15.3. The van der Waals surface area contributed by atoms with Gasteiger partial charge in [-0.15, -0.1) is 0 Å². The Morgan fingerprint density at radius 1 is 1.33 bits per heavy atom. The molecule has 0 radical (unpaired) electrons. The Kier molecular flexibility index (Phi) is 5.80. The Morgan fingerprint density at radius 3 is 2.62 bits per heavy atom. The maximum absolute atomic E-state index is 5.91. The molecule has 1 aliphatic heterocycles. The highest BCUT2D eigenvalue weighted by atomic mass is 16.5. The molecule has 1 N–H and O–H groups in total. The van der Waals surface area contributed by atoms with Crippen LogP contribution in [0.3, 0.4) is 0 Å². The van der Waals surface area contributed by atoms with Crippen LogP contribution in [-0.4, -0.2) is 39.5 Å². The fourth-order valence-corrected chi connectivity index (χ4v) is 3.34. The van der Waals surface area contributed by atoms with E-state index >= 15 is 0 Å². The summed E-state index contributed by atoms with van der Waals surface area (Å²) in [6.45, 7) is 10.2. The predicted octanol–water partition coefficient (Wildman–Crippen LogP) is 2.88. The summed E-state index contributed by atoms with van der Waals surface area (Å²) < 4.78 is 11.0. The Bertz CT molecular complexity index is 440. The molecule has 1 saturated heterocycles. The molecule has 0 bridgehead atoms. The van der Waals surface area contributed by atoms with Crippen molar-refractivity contribution < 1.29 is 9.47 Å². The molecule has 1 fully saturated rings. The van der Waals surface area contributed by atoms with Gasteiger partial charge in [0.25, 0.3) is 0 Å². The van der Waals surface area contributed by atoms with Crippen LogP contribution in [0.4, 0.5) is 0 Å². The third-order valence-electron chi connectivity index (χ3n) is 4.96. The lowest BCUT2D eigenvalue weighted by molar-refractivity contribution is 0.0618. The normalized spacial score (nSPS) is 25.4. The summed E-state index contributed by atoms with van der Waals surface area (Å²) in [7, 11) is 1.75. The fourth-order valence-electron chi connectivity index (χ4n) is 3.34. The van der Waals surface area contributed by atoms with E-state index in [9.17, 15) is 0 Å². The van der Waals surface area contributed by atoms with E-state index < -0.39 is 0 Å². The highest BCUT2D eigenvalue weighted by Crippen LogP contribution is 2.39. The first-order valence-corrected chi connectivity index (χ1v) is 7.95. The Balaban J connectivity index is 2.13. The lowest BCUT2D eigenvalue weighted by Crippen LogP contribution is -2.42. The second-order valence-corrected chi connectivity index (χ2v) is 6.34. The fraction of sp³-hybridized carbons (Fsp3) is 0.667. The number of rotatable bonds is 7. The van der Waals surface area contributed by atoms with Crippen LogP contribution in [0.1, 0.15) is 30.0 Å². The van der Waals surface area contributed by atoms with Crippen molar-refractivity contribution in [1.82, 2.24) is 5.32 Å². The quantitative estimate of drug-likeness (QED) is 0.784. The second-order valence-electron chi connectivity index (χ2n) is 6.34. The van der Waals surface area contributed by atoms with Crippen molar-refractivity contribution in [1.29, 1.82) is 0 Å². The second kappa shape index (κ2) is 7.39. The van der Waals surface area contributed by atoms with Gasteiger partial charge in [0.2, 0.25) is 0 Å². The van der Waals surface area contributed by atoms with Gasteiger partial charge in [-0.1, -0.05) is 18.2 Å². The molecule has 1 aliphatic rings. The van der Waals surface area contributed by atoms with Crippen molar-refractivity contribution >= 4 is 0 Å². The number of ether oxygens (including phenoxy) is 2. The maximum atomic E-state index is 5.91. The molecule has 0 aromatic heterocycles. The van der Waals surface area contributed by atoms with Crippen LogP contribution in [0.15, 0.2) is 18.2 Å². The van der Waals surface area contributed by atoms with E-state index in [1.807, 2.05) is 0 Å². The molecule has 2 unspecified atom stereocenters. The standard InChI is InChI=1S/C18H29NO2/c1-14-6-5-7-15(2)17(14)12-18(8-10-21-16(18)3)13-19-9-11-20-4/h5-7,16,19H,8-13H2,1-4H3. The Morgan fingerprint density at radius 2 is 2.05 bits per heavy atom. The molecule has 0 amide bonds. The number of benzene rings is 1. The van der Waals surface area contributed by atoms with E-state index in [-0.39, 0.29) is 5.41 Å². The van der Waals surface area contributed by atoms with Crippen molar-refractivity contribution in [2.75, 3.05) is 33.4 Å². The Hall–Kier alpha value is -0.900. The lowest BCUT2D eigenvalue weighted by atomic mass is 9.74. The smallest absolute Gasteiger partial charge is 0.0619 e. The number of methoxy groups -OCH3 is 1. The molecule has 2 atom stereocenters. The van der Waals surface area contributed by atoms with E-state index in [0.717, 1.165) is 39.1 Å². The van der Waals surface area contributed by atoms with Gasteiger partial charge in [-0.3, -0.25) is 0 Å². The summed E-state index contributed by atoms with van der Waals surface area (Å²) in [4.78, 5) is 0. The van der Waals surface area contributed by atoms with Crippen molar-refractivity contribution in [2.45, 2.75) is 39.7 Å². The van der Waals surface area contributed by atoms with Gasteiger partial charge < -0.3 is 14.8 Å². The number of hydrogen-bond acceptors (Lipinski definition) is 3. The molecule has 21 heavy (non-hydrogen) atoms. The molecular formula is C18H29NO2. The minimum atomic E-state index is 0.199. The summed E-state index contributed by atoms with van der Waals surface area (Å²) in [5.41, 5.74) is 4.48. The molecule has 0 spiro atoms. The maximum Gasteiger partial charge on any atom is 0.0619 e. The molecule has 118 valence electrons. The summed E-state index contributed by atoms with van der Waals surface area (Å²) >= 11 is 0. The van der Waals surface area contributed by atoms with Gasteiger partial charge >= 0.3 is 0 Å². The van der Waals surface area contributed by atoms with Crippen molar-refractivity contribution in [3.63, 3.8) is 0 Å². The Labute approximate surface area is 129 Å². The highest BCUT2D eigenvalue weighted by molar-refractivity contribution is 5.34. The van der Waals surface area contributed by atoms with Gasteiger partial charge in [0.15, 0.2) is 0 Å². The molecule has 3 heteroatoms. The largest absolute Gasteiger partial charge is 0.383 e. The molecule has 0 aliphatic carbocycles. The molecule has 1 aromatic carbocycles. The van der Waals surface area contributed by atoms with Gasteiger partial charge in [0.1, 0.15) is 0 Å².